The molecule has 1 aromatic heterocycles. The molecule has 6 heteroatoms. The summed E-state index contributed by atoms with van der Waals surface area (Å²) in [6, 6.07) is 8.46. The van der Waals surface area contributed by atoms with Crippen molar-refractivity contribution in [1.29, 1.82) is 0 Å². The van der Waals surface area contributed by atoms with Crippen LogP contribution in [0.3, 0.4) is 0 Å². The first-order valence-electron chi connectivity index (χ1n) is 9.79. The number of likely N-dealkylation sites (tertiary alicyclic amines) is 1. The van der Waals surface area contributed by atoms with Gasteiger partial charge in [0.15, 0.2) is 0 Å². The van der Waals surface area contributed by atoms with Crippen LogP contribution in [-0.4, -0.2) is 70.7 Å². The van der Waals surface area contributed by atoms with Crippen molar-refractivity contribution in [2.24, 2.45) is 0 Å². The molecule has 0 aliphatic carbocycles. The van der Waals surface area contributed by atoms with Gasteiger partial charge in [-0.2, -0.15) is 0 Å². The van der Waals surface area contributed by atoms with Crippen molar-refractivity contribution in [1.82, 2.24) is 19.4 Å². The number of aryl methyl sites for hydroxylation is 1. The van der Waals surface area contributed by atoms with Gasteiger partial charge < -0.3 is 14.2 Å². The number of aromatic nitrogens is 2. The average molecular weight is 356 g/mol. The Labute approximate surface area is 154 Å². The number of fused-ring (bicyclic) bond motifs is 1. The van der Waals surface area contributed by atoms with Crippen molar-refractivity contribution in [3.05, 3.63) is 30.1 Å². The molecule has 0 bridgehead atoms. The van der Waals surface area contributed by atoms with E-state index in [0.717, 1.165) is 69.1 Å². The van der Waals surface area contributed by atoms with Gasteiger partial charge >= 0.3 is 0 Å². The number of carbonyl (C=O) groups is 1. The highest BCUT2D eigenvalue weighted by atomic mass is 16.5. The molecule has 4 rings (SSSR count). The summed E-state index contributed by atoms with van der Waals surface area (Å²) in [5, 5.41) is 0. The fourth-order valence-electron chi connectivity index (χ4n) is 4.18. The van der Waals surface area contributed by atoms with Gasteiger partial charge in [0.2, 0.25) is 5.91 Å². The minimum atomic E-state index is -0.164. The quantitative estimate of drug-likeness (QED) is 0.823. The Bertz CT molecular complexity index is 775. The Morgan fingerprint density at radius 2 is 1.96 bits per heavy atom. The minimum absolute atomic E-state index is 0.164. The number of hydrogen-bond donors (Lipinski definition) is 0. The van der Waals surface area contributed by atoms with Gasteiger partial charge in [-0.3, -0.25) is 9.69 Å². The Morgan fingerprint density at radius 3 is 2.65 bits per heavy atom. The SMILES string of the molecule is CCc1nc2ccccc2n1[C@@H](CC)C(=O)N1CC(N2CCOCC2)C1. The normalized spacial score (nSPS) is 20.3. The Kier molecular flexibility index (Phi) is 4.96. The lowest BCUT2D eigenvalue weighted by Crippen LogP contribution is -2.63. The first kappa shape index (κ1) is 17.5. The molecule has 0 spiro atoms. The van der Waals surface area contributed by atoms with Gasteiger partial charge in [-0.05, 0) is 18.6 Å². The zero-order valence-electron chi connectivity index (χ0n) is 15.7. The standard InChI is InChI=1S/C20H28N4O2/c1-3-17(24-18-8-6-5-7-16(18)21-19(24)4-2)20(25)23-13-15(14-23)22-9-11-26-12-10-22/h5-8,15,17H,3-4,9-14H2,1-2H3/t17-/m0/s1. The summed E-state index contributed by atoms with van der Waals surface area (Å²) in [4.78, 5) is 22.4. The topological polar surface area (TPSA) is 50.6 Å². The Morgan fingerprint density at radius 1 is 1.23 bits per heavy atom. The molecule has 2 fully saturated rings. The molecule has 0 N–H and O–H groups in total. The monoisotopic (exact) mass is 356 g/mol. The van der Waals surface area contributed by atoms with Crippen molar-refractivity contribution in [3.8, 4) is 0 Å². The third-order valence-electron chi connectivity index (χ3n) is 5.70. The maximum atomic E-state index is 13.2. The minimum Gasteiger partial charge on any atom is -0.379 e. The summed E-state index contributed by atoms with van der Waals surface area (Å²) >= 11 is 0. The molecule has 0 unspecified atom stereocenters. The third kappa shape index (κ3) is 3.01. The highest BCUT2D eigenvalue weighted by Crippen LogP contribution is 2.28. The highest BCUT2D eigenvalue weighted by Gasteiger charge is 2.38. The smallest absolute Gasteiger partial charge is 0.245 e. The number of amides is 1. The van der Waals surface area contributed by atoms with Crippen LogP contribution in [0.25, 0.3) is 11.0 Å². The van der Waals surface area contributed by atoms with Crippen molar-refractivity contribution in [2.45, 2.75) is 38.8 Å². The van der Waals surface area contributed by atoms with E-state index >= 15 is 0 Å². The molecule has 26 heavy (non-hydrogen) atoms. The van der Waals surface area contributed by atoms with Gasteiger partial charge in [0.1, 0.15) is 11.9 Å². The summed E-state index contributed by atoms with van der Waals surface area (Å²) in [7, 11) is 0. The predicted molar refractivity (Wildman–Crippen MR) is 101 cm³/mol. The van der Waals surface area contributed by atoms with Gasteiger partial charge in [0, 0.05) is 38.6 Å². The Balaban J connectivity index is 1.52. The summed E-state index contributed by atoms with van der Waals surface area (Å²) < 4.78 is 7.60. The summed E-state index contributed by atoms with van der Waals surface area (Å²) in [6.07, 6.45) is 1.61. The second-order valence-electron chi connectivity index (χ2n) is 7.21. The van der Waals surface area contributed by atoms with Gasteiger partial charge in [-0.1, -0.05) is 26.0 Å². The van der Waals surface area contributed by atoms with Crippen LogP contribution in [0.1, 0.15) is 32.1 Å². The number of benzene rings is 1. The van der Waals surface area contributed by atoms with E-state index in [-0.39, 0.29) is 11.9 Å². The maximum absolute atomic E-state index is 13.2. The van der Waals surface area contributed by atoms with E-state index < -0.39 is 0 Å². The molecule has 2 saturated heterocycles. The molecule has 3 heterocycles. The number of carbonyl (C=O) groups excluding carboxylic acids is 1. The van der Waals surface area contributed by atoms with E-state index in [9.17, 15) is 4.79 Å². The first-order chi connectivity index (χ1) is 12.7. The lowest BCUT2D eigenvalue weighted by atomic mass is 10.0. The molecule has 0 radical (unpaired) electrons. The number of nitrogens with zero attached hydrogens (tertiary/aromatic N) is 4. The second kappa shape index (κ2) is 7.37. The van der Waals surface area contributed by atoms with Crippen molar-refractivity contribution in [2.75, 3.05) is 39.4 Å². The molecule has 2 aromatic rings. The number of hydrogen-bond acceptors (Lipinski definition) is 4. The van der Waals surface area contributed by atoms with Crippen LogP contribution in [0, 0.1) is 0 Å². The third-order valence-corrected chi connectivity index (χ3v) is 5.70. The van der Waals surface area contributed by atoms with Gasteiger partial charge in [0.25, 0.3) is 0 Å². The van der Waals surface area contributed by atoms with Crippen LogP contribution in [-0.2, 0) is 16.0 Å². The van der Waals surface area contributed by atoms with E-state index in [4.69, 9.17) is 9.72 Å². The molecule has 1 amide bonds. The van der Waals surface area contributed by atoms with Crippen LogP contribution < -0.4 is 0 Å². The van der Waals surface area contributed by atoms with E-state index in [2.05, 4.69) is 29.4 Å². The largest absolute Gasteiger partial charge is 0.379 e. The Hall–Kier alpha value is -1.92. The lowest BCUT2D eigenvalue weighted by Gasteiger charge is -2.47. The molecule has 2 aliphatic heterocycles. The first-order valence-corrected chi connectivity index (χ1v) is 9.79. The molecule has 6 nitrogen and oxygen atoms in total. The average Bonchev–Trinajstić information content (AvgIpc) is 3.01. The van der Waals surface area contributed by atoms with E-state index in [0.29, 0.717) is 6.04 Å². The van der Waals surface area contributed by atoms with Crippen LogP contribution in [0.5, 0.6) is 0 Å². The van der Waals surface area contributed by atoms with Gasteiger partial charge in [-0.25, -0.2) is 4.98 Å². The lowest BCUT2D eigenvalue weighted by molar-refractivity contribution is -0.143. The second-order valence-corrected chi connectivity index (χ2v) is 7.21. The molecule has 140 valence electrons. The van der Waals surface area contributed by atoms with Crippen LogP contribution in [0.2, 0.25) is 0 Å². The van der Waals surface area contributed by atoms with Crippen LogP contribution in [0.15, 0.2) is 24.3 Å². The van der Waals surface area contributed by atoms with Crippen molar-refractivity contribution < 1.29 is 9.53 Å². The number of ether oxygens (including phenoxy) is 1. The zero-order valence-corrected chi connectivity index (χ0v) is 15.7. The molecular weight excluding hydrogens is 328 g/mol. The number of imidazole rings is 1. The molecule has 1 atom stereocenters. The number of morpholine rings is 1. The predicted octanol–water partition coefficient (Wildman–Crippen LogP) is 2.09. The molecule has 1 aromatic carbocycles. The van der Waals surface area contributed by atoms with Crippen molar-refractivity contribution in [3.63, 3.8) is 0 Å². The van der Waals surface area contributed by atoms with Gasteiger partial charge in [-0.15, -0.1) is 0 Å². The number of rotatable bonds is 5. The summed E-state index contributed by atoms with van der Waals surface area (Å²) in [5.74, 6) is 1.23. The molecular formula is C20H28N4O2. The fraction of sp³-hybridized carbons (Fsp3) is 0.600. The van der Waals surface area contributed by atoms with Gasteiger partial charge in [0.05, 0.1) is 24.2 Å². The summed E-state index contributed by atoms with van der Waals surface area (Å²) in [5.41, 5.74) is 2.04. The fourth-order valence-corrected chi connectivity index (χ4v) is 4.18. The zero-order chi connectivity index (χ0) is 18.1. The summed E-state index contributed by atoms with van der Waals surface area (Å²) in [6.45, 7) is 9.45. The number of para-hydroxylation sites is 2. The van der Waals surface area contributed by atoms with E-state index in [1.807, 2.05) is 23.1 Å². The molecule has 2 aliphatic rings. The maximum Gasteiger partial charge on any atom is 0.245 e. The van der Waals surface area contributed by atoms with Crippen molar-refractivity contribution >= 4 is 16.9 Å². The molecule has 0 saturated carbocycles. The highest BCUT2D eigenvalue weighted by molar-refractivity contribution is 5.85. The van der Waals surface area contributed by atoms with E-state index in [1.54, 1.807) is 0 Å². The van der Waals surface area contributed by atoms with E-state index in [1.165, 1.54) is 0 Å². The van der Waals surface area contributed by atoms with Crippen LogP contribution in [0.4, 0.5) is 0 Å². The van der Waals surface area contributed by atoms with Crippen LogP contribution >= 0.6 is 0 Å².